The van der Waals surface area contributed by atoms with Crippen LogP contribution in [0.25, 0.3) is 0 Å². The van der Waals surface area contributed by atoms with E-state index in [1.807, 2.05) is 30.3 Å². The maximum absolute atomic E-state index is 11.9. The molecular weight excluding hydrogens is 383 g/mol. The summed E-state index contributed by atoms with van der Waals surface area (Å²) in [7, 11) is -1.36. The minimum atomic E-state index is -1.36. The highest BCUT2D eigenvalue weighted by atomic mass is 35.6. The quantitative estimate of drug-likeness (QED) is 0.103. The number of hydrogen-bond donors (Lipinski definition) is 0. The second-order valence-corrected chi connectivity index (χ2v) is 15.0. The molecule has 1 rings (SSSR count). The highest BCUT2D eigenvalue weighted by Gasteiger charge is 2.18. The van der Waals surface area contributed by atoms with E-state index in [2.05, 4.69) is 13.1 Å². The third kappa shape index (κ3) is 12.0. The molecule has 0 bridgehead atoms. The van der Waals surface area contributed by atoms with Crippen LogP contribution in [0, 0.1) is 0 Å². The van der Waals surface area contributed by atoms with Gasteiger partial charge in [-0.3, -0.25) is 4.79 Å². The largest absolute Gasteiger partial charge is 0.464 e. The predicted molar refractivity (Wildman–Crippen MR) is 116 cm³/mol. The molecule has 0 aliphatic heterocycles. The molecule has 1 unspecified atom stereocenters. The van der Waals surface area contributed by atoms with Gasteiger partial charge in [0.15, 0.2) is 5.38 Å². The van der Waals surface area contributed by atoms with Crippen molar-refractivity contribution in [3.8, 4) is 0 Å². The van der Waals surface area contributed by atoms with Crippen LogP contribution in [-0.4, -0.2) is 20.0 Å². The minimum Gasteiger partial charge on any atom is -0.464 e. The Balaban J connectivity index is 1.91. The standard InChI is InChI=1S/C21H34Cl2O2Si/c1-26(2,23)18-14-9-7-5-3-4-6-8-13-17-25-21(24)20(22)19-15-11-10-12-16-19/h10-12,15-16,20H,3-9,13-14,17-18H2,1-2H3. The van der Waals surface area contributed by atoms with E-state index in [0.29, 0.717) is 6.61 Å². The fourth-order valence-electron chi connectivity index (χ4n) is 2.89. The van der Waals surface area contributed by atoms with Crippen molar-refractivity contribution >= 4 is 36.0 Å². The molecule has 0 radical (unpaired) electrons. The SMILES string of the molecule is C[Si](C)(Cl)CCCCCCCCCCCOC(=O)C(Cl)c1ccccc1. The van der Waals surface area contributed by atoms with Gasteiger partial charge in [-0.25, -0.2) is 0 Å². The van der Waals surface area contributed by atoms with Gasteiger partial charge in [-0.05, 0) is 18.0 Å². The lowest BCUT2D eigenvalue weighted by atomic mass is 10.1. The third-order valence-corrected chi connectivity index (χ3v) is 7.00. The number of esters is 1. The molecule has 1 atom stereocenters. The maximum Gasteiger partial charge on any atom is 0.328 e. The number of halogens is 2. The normalized spacial score (nSPS) is 12.8. The Morgan fingerprint density at radius 2 is 1.42 bits per heavy atom. The fraction of sp³-hybridized carbons (Fsp3) is 0.667. The van der Waals surface area contributed by atoms with Crippen LogP contribution >= 0.6 is 22.7 Å². The summed E-state index contributed by atoms with van der Waals surface area (Å²) in [6.07, 6.45) is 11.1. The van der Waals surface area contributed by atoms with Gasteiger partial charge in [0.05, 0.1) is 6.61 Å². The second-order valence-electron chi connectivity index (χ2n) is 7.59. The first-order valence-electron chi connectivity index (χ1n) is 9.95. The Hall–Kier alpha value is -0.513. The van der Waals surface area contributed by atoms with E-state index in [9.17, 15) is 4.79 Å². The molecule has 0 amide bonds. The van der Waals surface area contributed by atoms with E-state index in [0.717, 1.165) is 18.4 Å². The molecule has 0 aliphatic carbocycles. The Labute approximate surface area is 170 Å². The van der Waals surface area contributed by atoms with Crippen molar-refractivity contribution in [3.05, 3.63) is 35.9 Å². The zero-order valence-electron chi connectivity index (χ0n) is 16.3. The average molecular weight is 417 g/mol. The van der Waals surface area contributed by atoms with Crippen molar-refractivity contribution in [2.24, 2.45) is 0 Å². The van der Waals surface area contributed by atoms with Crippen LogP contribution in [0.4, 0.5) is 0 Å². The smallest absolute Gasteiger partial charge is 0.328 e. The second kappa shape index (κ2) is 13.6. The molecule has 26 heavy (non-hydrogen) atoms. The molecule has 0 spiro atoms. The van der Waals surface area contributed by atoms with Gasteiger partial charge in [-0.1, -0.05) is 94.8 Å². The number of hydrogen-bond acceptors (Lipinski definition) is 2. The first-order valence-corrected chi connectivity index (χ1v) is 14.6. The van der Waals surface area contributed by atoms with Crippen LogP contribution in [0.1, 0.15) is 68.7 Å². The van der Waals surface area contributed by atoms with Gasteiger partial charge in [0.1, 0.15) is 7.38 Å². The Kier molecular flexibility index (Phi) is 12.3. The van der Waals surface area contributed by atoms with Crippen molar-refractivity contribution in [1.82, 2.24) is 0 Å². The third-order valence-electron chi connectivity index (χ3n) is 4.46. The molecule has 1 aromatic carbocycles. The van der Waals surface area contributed by atoms with E-state index < -0.39 is 12.8 Å². The van der Waals surface area contributed by atoms with Crippen molar-refractivity contribution < 1.29 is 9.53 Å². The van der Waals surface area contributed by atoms with Crippen molar-refractivity contribution in [3.63, 3.8) is 0 Å². The molecule has 0 N–H and O–H groups in total. The molecular formula is C21H34Cl2O2Si. The number of benzene rings is 1. The predicted octanol–water partition coefficient (Wildman–Crippen LogP) is 7.46. The van der Waals surface area contributed by atoms with Gasteiger partial charge in [0.2, 0.25) is 0 Å². The molecule has 0 saturated carbocycles. The molecule has 1 aromatic rings. The first-order chi connectivity index (χ1) is 12.4. The van der Waals surface area contributed by atoms with E-state index >= 15 is 0 Å². The van der Waals surface area contributed by atoms with Crippen LogP contribution in [0.5, 0.6) is 0 Å². The molecule has 0 fully saturated rings. The maximum atomic E-state index is 11.9. The number of carbonyl (C=O) groups is 1. The fourth-order valence-corrected chi connectivity index (χ4v) is 4.59. The monoisotopic (exact) mass is 416 g/mol. The van der Waals surface area contributed by atoms with Crippen LogP contribution in [0.2, 0.25) is 19.1 Å². The van der Waals surface area contributed by atoms with Gasteiger partial charge in [0.25, 0.3) is 0 Å². The van der Waals surface area contributed by atoms with E-state index in [-0.39, 0.29) is 5.97 Å². The van der Waals surface area contributed by atoms with E-state index in [1.165, 1.54) is 51.0 Å². The number of unbranched alkanes of at least 4 members (excludes halogenated alkanes) is 8. The molecule has 0 saturated heterocycles. The molecule has 0 aromatic heterocycles. The Bertz CT molecular complexity index is 489. The molecule has 148 valence electrons. The van der Waals surface area contributed by atoms with Crippen molar-refractivity contribution in [2.45, 2.75) is 82.3 Å². The Morgan fingerprint density at radius 3 is 1.96 bits per heavy atom. The molecule has 2 nitrogen and oxygen atoms in total. The number of alkyl halides is 1. The van der Waals surface area contributed by atoms with E-state index in [4.69, 9.17) is 27.4 Å². The van der Waals surface area contributed by atoms with Crippen LogP contribution in [-0.2, 0) is 9.53 Å². The first kappa shape index (κ1) is 23.5. The van der Waals surface area contributed by atoms with Crippen LogP contribution in [0.15, 0.2) is 30.3 Å². The topological polar surface area (TPSA) is 26.3 Å². The van der Waals surface area contributed by atoms with Gasteiger partial charge in [-0.2, -0.15) is 11.1 Å². The van der Waals surface area contributed by atoms with Gasteiger partial charge >= 0.3 is 5.97 Å². The molecule has 0 heterocycles. The molecule has 5 heteroatoms. The molecule has 0 aliphatic rings. The summed E-state index contributed by atoms with van der Waals surface area (Å²) in [5, 5.41) is -0.705. The summed E-state index contributed by atoms with van der Waals surface area (Å²) in [5.41, 5.74) is 0.788. The van der Waals surface area contributed by atoms with Gasteiger partial charge < -0.3 is 4.74 Å². The summed E-state index contributed by atoms with van der Waals surface area (Å²) in [4.78, 5) is 11.9. The zero-order valence-corrected chi connectivity index (χ0v) is 18.8. The number of rotatable bonds is 14. The van der Waals surface area contributed by atoms with Crippen LogP contribution in [0.3, 0.4) is 0 Å². The van der Waals surface area contributed by atoms with Crippen molar-refractivity contribution in [2.75, 3.05) is 6.61 Å². The summed E-state index contributed by atoms with van der Waals surface area (Å²) in [6.45, 7) is 4.91. The highest BCUT2D eigenvalue weighted by Crippen LogP contribution is 2.22. The Morgan fingerprint density at radius 1 is 0.923 bits per heavy atom. The number of carbonyl (C=O) groups excluding carboxylic acids is 1. The summed E-state index contributed by atoms with van der Waals surface area (Å²) < 4.78 is 5.28. The van der Waals surface area contributed by atoms with Crippen molar-refractivity contribution in [1.29, 1.82) is 0 Å². The lowest BCUT2D eigenvalue weighted by Crippen LogP contribution is -2.14. The van der Waals surface area contributed by atoms with E-state index in [1.54, 1.807) is 0 Å². The lowest BCUT2D eigenvalue weighted by Gasteiger charge is -2.11. The van der Waals surface area contributed by atoms with Gasteiger partial charge in [0, 0.05) is 0 Å². The average Bonchev–Trinajstić information content (AvgIpc) is 2.61. The zero-order chi connectivity index (χ0) is 19.3. The highest BCUT2D eigenvalue weighted by molar-refractivity contribution is 7.19. The summed E-state index contributed by atoms with van der Waals surface area (Å²) in [5.74, 6) is -0.346. The van der Waals surface area contributed by atoms with Crippen LogP contribution < -0.4 is 0 Å². The van der Waals surface area contributed by atoms with Gasteiger partial charge in [-0.15, -0.1) is 11.6 Å². The summed E-state index contributed by atoms with van der Waals surface area (Å²) in [6, 6.07) is 10.6. The summed E-state index contributed by atoms with van der Waals surface area (Å²) >= 11 is 12.5. The lowest BCUT2D eigenvalue weighted by molar-refractivity contribution is -0.143. The minimum absolute atomic E-state index is 0.346. The number of ether oxygens (including phenoxy) is 1.